The zero-order valence-corrected chi connectivity index (χ0v) is 15.7. The van der Waals surface area contributed by atoms with Crippen molar-refractivity contribution in [2.24, 2.45) is 0 Å². The third-order valence-electron chi connectivity index (χ3n) is 4.42. The average molecular weight is 374 g/mol. The van der Waals surface area contributed by atoms with Crippen LogP contribution >= 0.6 is 12.4 Å². The predicted molar refractivity (Wildman–Crippen MR) is 108 cm³/mol. The minimum Gasteiger partial charge on any atom is -0.378 e. The van der Waals surface area contributed by atoms with Gasteiger partial charge in [0.2, 0.25) is 5.95 Å². The molecule has 4 rings (SSSR count). The number of rotatable bonds is 5. The Morgan fingerprint density at radius 3 is 2.81 bits per heavy atom. The number of nitrogens with one attached hydrogen (secondary N) is 2. The van der Waals surface area contributed by atoms with E-state index in [0.717, 1.165) is 61.9 Å². The highest BCUT2D eigenvalue weighted by molar-refractivity contribution is 5.85. The molecular weight excluding hydrogens is 350 g/mol. The van der Waals surface area contributed by atoms with Crippen LogP contribution in [0.3, 0.4) is 0 Å². The van der Waals surface area contributed by atoms with E-state index in [-0.39, 0.29) is 12.4 Å². The summed E-state index contributed by atoms with van der Waals surface area (Å²) in [7, 11) is 0. The van der Waals surface area contributed by atoms with Crippen molar-refractivity contribution in [3.05, 3.63) is 42.2 Å². The lowest BCUT2D eigenvalue weighted by Crippen LogP contribution is -2.37. The monoisotopic (exact) mass is 373 g/mol. The van der Waals surface area contributed by atoms with E-state index in [1.807, 2.05) is 12.3 Å². The van der Waals surface area contributed by atoms with E-state index in [1.165, 1.54) is 5.39 Å². The molecule has 0 unspecified atom stereocenters. The van der Waals surface area contributed by atoms with Crippen LogP contribution in [0.4, 0.5) is 17.5 Å². The molecule has 3 heterocycles. The molecular formula is C19H24ClN5O. The normalized spacial score (nSPS) is 14.3. The predicted octanol–water partition coefficient (Wildman–Crippen LogP) is 3.91. The molecule has 0 spiro atoms. The molecule has 1 aliphatic rings. The molecule has 7 heteroatoms. The Morgan fingerprint density at radius 2 is 2.00 bits per heavy atom. The van der Waals surface area contributed by atoms with Crippen molar-refractivity contribution in [3.63, 3.8) is 0 Å². The second-order valence-electron chi connectivity index (χ2n) is 6.30. The lowest BCUT2D eigenvalue weighted by molar-refractivity contribution is 0.122. The molecule has 26 heavy (non-hydrogen) atoms. The maximum Gasteiger partial charge on any atom is 0.229 e. The number of aryl methyl sites for hydroxylation is 1. The van der Waals surface area contributed by atoms with Crippen LogP contribution in [0.5, 0.6) is 0 Å². The number of aromatic nitrogens is 3. The van der Waals surface area contributed by atoms with Gasteiger partial charge in [0.1, 0.15) is 5.82 Å². The van der Waals surface area contributed by atoms with Gasteiger partial charge in [0.25, 0.3) is 0 Å². The third-order valence-corrected chi connectivity index (χ3v) is 4.42. The lowest BCUT2D eigenvalue weighted by atomic mass is 10.2. The summed E-state index contributed by atoms with van der Waals surface area (Å²) >= 11 is 0. The topological polar surface area (TPSA) is 66.1 Å². The van der Waals surface area contributed by atoms with Gasteiger partial charge >= 0.3 is 0 Å². The van der Waals surface area contributed by atoms with Gasteiger partial charge < -0.3 is 19.9 Å². The van der Waals surface area contributed by atoms with E-state index in [9.17, 15) is 0 Å². The standard InChI is InChI=1S/C19H23N5O.ClH/c1-2-3-15-13-18(24-8-10-25-11-9-24)23-19(21-15)22-16-4-5-17-14(12-16)6-7-20-17;/h4-7,12-13,20H,2-3,8-11H2,1H3,(H,21,22,23);1H. The highest BCUT2D eigenvalue weighted by Gasteiger charge is 2.15. The van der Waals surface area contributed by atoms with Crippen molar-refractivity contribution >= 4 is 40.8 Å². The number of ether oxygens (including phenoxy) is 1. The molecule has 3 aromatic rings. The molecule has 0 amide bonds. The summed E-state index contributed by atoms with van der Waals surface area (Å²) in [6.07, 6.45) is 3.96. The van der Waals surface area contributed by atoms with E-state index in [2.05, 4.69) is 46.4 Å². The number of H-pyrrole nitrogens is 1. The summed E-state index contributed by atoms with van der Waals surface area (Å²) in [5.74, 6) is 1.63. The Hall–Kier alpha value is -2.31. The molecule has 138 valence electrons. The molecule has 0 saturated carbocycles. The Bertz CT molecular complexity index is 860. The van der Waals surface area contributed by atoms with Gasteiger partial charge in [0, 0.05) is 47.6 Å². The fourth-order valence-corrected chi connectivity index (χ4v) is 3.14. The van der Waals surface area contributed by atoms with Crippen LogP contribution in [0.25, 0.3) is 10.9 Å². The molecule has 1 aromatic carbocycles. The van der Waals surface area contributed by atoms with E-state index in [1.54, 1.807) is 0 Å². The second kappa shape index (κ2) is 8.38. The number of aromatic amines is 1. The number of morpholine rings is 1. The van der Waals surface area contributed by atoms with Crippen molar-refractivity contribution in [2.75, 3.05) is 36.5 Å². The fraction of sp³-hybridized carbons (Fsp3) is 0.368. The summed E-state index contributed by atoms with van der Waals surface area (Å²) in [5.41, 5.74) is 3.19. The highest BCUT2D eigenvalue weighted by Crippen LogP contribution is 2.23. The van der Waals surface area contributed by atoms with Crippen molar-refractivity contribution in [3.8, 4) is 0 Å². The van der Waals surface area contributed by atoms with Crippen LogP contribution in [0.1, 0.15) is 19.0 Å². The van der Waals surface area contributed by atoms with Gasteiger partial charge in [0.15, 0.2) is 0 Å². The molecule has 2 N–H and O–H groups in total. The van der Waals surface area contributed by atoms with Gasteiger partial charge in [-0.3, -0.25) is 0 Å². The van der Waals surface area contributed by atoms with Gasteiger partial charge in [-0.25, -0.2) is 4.98 Å². The van der Waals surface area contributed by atoms with Gasteiger partial charge in [-0.2, -0.15) is 4.98 Å². The smallest absolute Gasteiger partial charge is 0.229 e. The van der Waals surface area contributed by atoms with Crippen molar-refractivity contribution in [1.29, 1.82) is 0 Å². The van der Waals surface area contributed by atoms with Crippen LogP contribution < -0.4 is 10.2 Å². The summed E-state index contributed by atoms with van der Waals surface area (Å²) in [6.45, 7) is 5.41. The van der Waals surface area contributed by atoms with Gasteiger partial charge in [-0.1, -0.05) is 13.3 Å². The van der Waals surface area contributed by atoms with Crippen LogP contribution in [-0.2, 0) is 11.2 Å². The molecule has 1 fully saturated rings. The van der Waals surface area contributed by atoms with Crippen LogP contribution in [-0.4, -0.2) is 41.3 Å². The molecule has 2 aromatic heterocycles. The molecule has 1 saturated heterocycles. The Kier molecular flexibility index (Phi) is 5.96. The number of nitrogens with zero attached hydrogens (tertiary/aromatic N) is 3. The zero-order chi connectivity index (χ0) is 17.1. The number of halogens is 1. The lowest BCUT2D eigenvalue weighted by Gasteiger charge is -2.28. The summed E-state index contributed by atoms with van der Waals surface area (Å²) in [6, 6.07) is 10.4. The van der Waals surface area contributed by atoms with Gasteiger partial charge in [-0.15, -0.1) is 12.4 Å². The van der Waals surface area contributed by atoms with E-state index in [0.29, 0.717) is 5.95 Å². The Morgan fingerprint density at radius 1 is 1.15 bits per heavy atom. The number of hydrogen-bond donors (Lipinski definition) is 2. The van der Waals surface area contributed by atoms with Crippen LogP contribution in [0, 0.1) is 0 Å². The Labute approximate surface area is 159 Å². The van der Waals surface area contributed by atoms with Crippen LogP contribution in [0.15, 0.2) is 36.5 Å². The second-order valence-corrected chi connectivity index (χ2v) is 6.30. The number of benzene rings is 1. The third kappa shape index (κ3) is 4.08. The molecule has 6 nitrogen and oxygen atoms in total. The van der Waals surface area contributed by atoms with Crippen molar-refractivity contribution < 1.29 is 4.74 Å². The number of hydrogen-bond acceptors (Lipinski definition) is 5. The first-order chi connectivity index (χ1) is 12.3. The largest absolute Gasteiger partial charge is 0.378 e. The first kappa shape index (κ1) is 18.5. The molecule has 0 aliphatic carbocycles. The Balaban J connectivity index is 0.00000196. The molecule has 0 radical (unpaired) electrons. The number of fused-ring (bicyclic) bond motifs is 1. The van der Waals surface area contributed by atoms with Crippen molar-refractivity contribution in [1.82, 2.24) is 15.0 Å². The summed E-state index contributed by atoms with van der Waals surface area (Å²) in [5, 5.41) is 4.54. The van der Waals surface area contributed by atoms with Gasteiger partial charge in [0.05, 0.1) is 13.2 Å². The van der Waals surface area contributed by atoms with Gasteiger partial charge in [-0.05, 0) is 30.7 Å². The quantitative estimate of drug-likeness (QED) is 0.709. The number of anilines is 3. The zero-order valence-electron chi connectivity index (χ0n) is 14.9. The molecule has 1 aliphatic heterocycles. The minimum atomic E-state index is 0. The molecule has 0 bridgehead atoms. The first-order valence-corrected chi connectivity index (χ1v) is 8.86. The van der Waals surface area contributed by atoms with E-state index >= 15 is 0 Å². The first-order valence-electron chi connectivity index (χ1n) is 8.86. The fourth-order valence-electron chi connectivity index (χ4n) is 3.14. The van der Waals surface area contributed by atoms with E-state index in [4.69, 9.17) is 14.7 Å². The minimum absolute atomic E-state index is 0. The maximum atomic E-state index is 5.45. The van der Waals surface area contributed by atoms with Crippen molar-refractivity contribution in [2.45, 2.75) is 19.8 Å². The average Bonchev–Trinajstić information content (AvgIpc) is 3.10. The summed E-state index contributed by atoms with van der Waals surface area (Å²) in [4.78, 5) is 14.9. The summed E-state index contributed by atoms with van der Waals surface area (Å²) < 4.78 is 5.45. The van der Waals surface area contributed by atoms with E-state index < -0.39 is 0 Å². The maximum absolute atomic E-state index is 5.45. The highest BCUT2D eigenvalue weighted by atomic mass is 35.5. The van der Waals surface area contributed by atoms with Crippen LogP contribution in [0.2, 0.25) is 0 Å². The SMILES string of the molecule is CCCc1cc(N2CCOCC2)nc(Nc2ccc3[nH]ccc3c2)n1.Cl. The molecule has 0 atom stereocenters.